The molecule has 0 radical (unpaired) electrons. The van der Waals surface area contributed by atoms with E-state index in [0.717, 1.165) is 17.7 Å². The fourth-order valence-electron chi connectivity index (χ4n) is 1.82. The van der Waals surface area contributed by atoms with Gasteiger partial charge in [0.25, 0.3) is 0 Å². The zero-order chi connectivity index (χ0) is 13.6. The minimum absolute atomic E-state index is 0.583. The zero-order valence-electron chi connectivity index (χ0n) is 11.8. The van der Waals surface area contributed by atoms with Crippen LogP contribution in [0.25, 0.3) is 0 Å². The first-order valence-corrected chi connectivity index (χ1v) is 6.56. The van der Waals surface area contributed by atoms with Crippen LogP contribution >= 0.6 is 0 Å². The van der Waals surface area contributed by atoms with Crippen molar-refractivity contribution >= 4 is 0 Å². The first kappa shape index (κ1) is 15.0. The van der Waals surface area contributed by atoms with E-state index in [9.17, 15) is 5.11 Å². The highest BCUT2D eigenvalue weighted by Crippen LogP contribution is 2.29. The molecule has 0 spiro atoms. The van der Waals surface area contributed by atoms with Gasteiger partial charge in [0.2, 0.25) is 0 Å². The van der Waals surface area contributed by atoms with Gasteiger partial charge in [0, 0.05) is 6.61 Å². The molecule has 1 atom stereocenters. The molecule has 0 saturated heterocycles. The quantitative estimate of drug-likeness (QED) is 0.809. The van der Waals surface area contributed by atoms with Gasteiger partial charge in [-0.2, -0.15) is 0 Å². The smallest absolute Gasteiger partial charge is 0.119 e. The van der Waals surface area contributed by atoms with Crippen LogP contribution in [0.1, 0.15) is 45.8 Å². The maximum absolute atomic E-state index is 10.3. The fourth-order valence-corrected chi connectivity index (χ4v) is 1.82. The van der Waals surface area contributed by atoms with E-state index >= 15 is 0 Å². The summed E-state index contributed by atoms with van der Waals surface area (Å²) < 4.78 is 11.1. The van der Waals surface area contributed by atoms with Gasteiger partial charge in [-0.05, 0) is 44.9 Å². The average molecular weight is 252 g/mol. The van der Waals surface area contributed by atoms with Crippen LogP contribution in [0.3, 0.4) is 0 Å². The lowest BCUT2D eigenvalue weighted by atomic mass is 9.94. The van der Waals surface area contributed by atoms with Crippen LogP contribution in [0.2, 0.25) is 0 Å². The van der Waals surface area contributed by atoms with Gasteiger partial charge in [-0.25, -0.2) is 0 Å². The third-order valence-electron chi connectivity index (χ3n) is 2.84. The Labute approximate surface area is 110 Å². The lowest BCUT2D eigenvalue weighted by Gasteiger charge is -2.30. The molecule has 1 N–H and O–H groups in total. The Balaban J connectivity index is 2.72. The summed E-state index contributed by atoms with van der Waals surface area (Å²) in [6.07, 6.45) is 0.347. The second kappa shape index (κ2) is 6.76. The second-order valence-electron chi connectivity index (χ2n) is 4.86. The molecule has 1 aromatic rings. The first-order valence-electron chi connectivity index (χ1n) is 6.56. The maximum atomic E-state index is 10.3. The molecule has 0 amide bonds. The van der Waals surface area contributed by atoms with Crippen molar-refractivity contribution in [1.29, 1.82) is 0 Å². The van der Waals surface area contributed by atoms with Crippen molar-refractivity contribution in [3.05, 3.63) is 29.8 Å². The molecule has 0 fully saturated rings. The number of rotatable bonds is 7. The molecule has 0 heterocycles. The maximum Gasteiger partial charge on any atom is 0.119 e. The van der Waals surface area contributed by atoms with Crippen molar-refractivity contribution in [2.75, 3.05) is 13.2 Å². The standard InChI is InChI=1S/C15H24O3/c1-5-11-17-13-9-7-12(8-10-13)14(16)15(3,4)18-6-2/h7-10,14,16H,5-6,11H2,1-4H3. The molecule has 1 unspecified atom stereocenters. The Morgan fingerprint density at radius 3 is 2.28 bits per heavy atom. The van der Waals surface area contributed by atoms with E-state index in [0.29, 0.717) is 13.2 Å². The van der Waals surface area contributed by atoms with Gasteiger partial charge in [0.05, 0.1) is 12.2 Å². The third-order valence-corrected chi connectivity index (χ3v) is 2.84. The van der Waals surface area contributed by atoms with E-state index in [2.05, 4.69) is 6.92 Å². The Kier molecular flexibility index (Phi) is 5.63. The topological polar surface area (TPSA) is 38.7 Å². The lowest BCUT2D eigenvalue weighted by Crippen LogP contribution is -2.32. The van der Waals surface area contributed by atoms with Crippen molar-refractivity contribution in [3.63, 3.8) is 0 Å². The van der Waals surface area contributed by atoms with Gasteiger partial charge in [-0.1, -0.05) is 19.1 Å². The van der Waals surface area contributed by atoms with Crippen LogP contribution in [-0.4, -0.2) is 23.9 Å². The Morgan fingerprint density at radius 2 is 1.78 bits per heavy atom. The number of hydrogen-bond acceptors (Lipinski definition) is 3. The molecule has 0 aliphatic heterocycles. The van der Waals surface area contributed by atoms with Crippen molar-refractivity contribution in [3.8, 4) is 5.75 Å². The monoisotopic (exact) mass is 252 g/mol. The van der Waals surface area contributed by atoms with Crippen LogP contribution in [-0.2, 0) is 4.74 Å². The van der Waals surface area contributed by atoms with Crippen LogP contribution in [0.5, 0.6) is 5.75 Å². The average Bonchev–Trinajstić information content (AvgIpc) is 2.36. The van der Waals surface area contributed by atoms with Crippen LogP contribution in [0.4, 0.5) is 0 Å². The lowest BCUT2D eigenvalue weighted by molar-refractivity contribution is -0.0983. The summed E-state index contributed by atoms with van der Waals surface area (Å²) >= 11 is 0. The van der Waals surface area contributed by atoms with E-state index < -0.39 is 11.7 Å². The summed E-state index contributed by atoms with van der Waals surface area (Å²) in [5, 5.41) is 10.3. The van der Waals surface area contributed by atoms with E-state index in [1.165, 1.54) is 0 Å². The number of ether oxygens (including phenoxy) is 2. The van der Waals surface area contributed by atoms with Crippen LogP contribution in [0.15, 0.2) is 24.3 Å². The van der Waals surface area contributed by atoms with E-state index in [1.807, 2.05) is 45.0 Å². The fraction of sp³-hybridized carbons (Fsp3) is 0.600. The minimum atomic E-state index is -0.641. The molecule has 1 rings (SSSR count). The summed E-state index contributed by atoms with van der Waals surface area (Å²) in [5.41, 5.74) is 0.262. The first-order chi connectivity index (χ1) is 8.51. The van der Waals surface area contributed by atoms with Gasteiger partial charge in [0.1, 0.15) is 11.9 Å². The molecule has 1 aromatic carbocycles. The van der Waals surface area contributed by atoms with Crippen molar-refractivity contribution in [2.45, 2.75) is 45.8 Å². The van der Waals surface area contributed by atoms with Gasteiger partial charge < -0.3 is 14.6 Å². The van der Waals surface area contributed by atoms with Gasteiger partial charge >= 0.3 is 0 Å². The highest BCUT2D eigenvalue weighted by atomic mass is 16.5. The van der Waals surface area contributed by atoms with Crippen molar-refractivity contribution in [1.82, 2.24) is 0 Å². The van der Waals surface area contributed by atoms with E-state index in [-0.39, 0.29) is 0 Å². The van der Waals surface area contributed by atoms with E-state index in [4.69, 9.17) is 9.47 Å². The second-order valence-corrected chi connectivity index (χ2v) is 4.86. The summed E-state index contributed by atoms with van der Waals surface area (Å²) in [4.78, 5) is 0. The molecule has 18 heavy (non-hydrogen) atoms. The van der Waals surface area contributed by atoms with Gasteiger partial charge in [0.15, 0.2) is 0 Å². The molecule has 0 saturated carbocycles. The summed E-state index contributed by atoms with van der Waals surface area (Å²) in [7, 11) is 0. The minimum Gasteiger partial charge on any atom is -0.494 e. The molecule has 0 bridgehead atoms. The summed E-state index contributed by atoms with van der Waals surface area (Å²) in [6, 6.07) is 7.54. The molecule has 102 valence electrons. The van der Waals surface area contributed by atoms with Gasteiger partial charge in [-0.15, -0.1) is 0 Å². The Hall–Kier alpha value is -1.06. The number of hydrogen-bond donors (Lipinski definition) is 1. The highest BCUT2D eigenvalue weighted by Gasteiger charge is 2.29. The predicted molar refractivity (Wildman–Crippen MR) is 72.9 cm³/mol. The molecule has 3 nitrogen and oxygen atoms in total. The van der Waals surface area contributed by atoms with E-state index in [1.54, 1.807) is 0 Å². The normalized spacial score (nSPS) is 13.4. The van der Waals surface area contributed by atoms with Crippen LogP contribution in [0, 0.1) is 0 Å². The van der Waals surface area contributed by atoms with Gasteiger partial charge in [-0.3, -0.25) is 0 Å². The zero-order valence-corrected chi connectivity index (χ0v) is 11.8. The number of benzene rings is 1. The molecule has 0 aromatic heterocycles. The molecular weight excluding hydrogens is 228 g/mol. The molecular formula is C15H24O3. The largest absolute Gasteiger partial charge is 0.494 e. The third kappa shape index (κ3) is 4.00. The Morgan fingerprint density at radius 1 is 1.17 bits per heavy atom. The molecule has 0 aliphatic rings. The van der Waals surface area contributed by atoms with Crippen molar-refractivity contribution in [2.24, 2.45) is 0 Å². The predicted octanol–water partition coefficient (Wildman–Crippen LogP) is 3.32. The molecule has 0 aliphatic carbocycles. The molecule has 3 heteroatoms. The summed E-state index contributed by atoms with van der Waals surface area (Å²) in [6.45, 7) is 9.08. The summed E-state index contributed by atoms with van der Waals surface area (Å²) in [5.74, 6) is 0.835. The highest BCUT2D eigenvalue weighted by molar-refractivity contribution is 5.29. The van der Waals surface area contributed by atoms with Crippen molar-refractivity contribution < 1.29 is 14.6 Å². The number of aliphatic hydroxyl groups excluding tert-OH is 1. The number of aliphatic hydroxyl groups is 1. The van der Waals surface area contributed by atoms with Crippen LogP contribution < -0.4 is 4.74 Å². The Bertz CT molecular complexity index is 343. The SMILES string of the molecule is CCCOc1ccc(C(O)C(C)(C)OCC)cc1.